The smallest absolute Gasteiger partial charge is 0.154 e. The number of benzene rings is 2. The normalized spacial score (nSPS) is 11.6. The number of hydrogen-bond donors (Lipinski definition) is 1. The van der Waals surface area contributed by atoms with Gasteiger partial charge in [-0.25, -0.2) is 15.0 Å². The SMILES string of the molecule is COc1cccc2c1ccc1nc3c(NCCCN(C)C)nccc3nc12. The van der Waals surface area contributed by atoms with Gasteiger partial charge in [-0.2, -0.15) is 0 Å². The van der Waals surface area contributed by atoms with Crippen molar-refractivity contribution in [2.24, 2.45) is 0 Å². The van der Waals surface area contributed by atoms with E-state index in [2.05, 4.69) is 35.4 Å². The van der Waals surface area contributed by atoms with Crippen LogP contribution in [0.4, 0.5) is 5.82 Å². The van der Waals surface area contributed by atoms with Crippen molar-refractivity contribution in [3.8, 4) is 5.75 Å². The van der Waals surface area contributed by atoms with Gasteiger partial charge in [0, 0.05) is 23.5 Å². The molecule has 4 aromatic rings. The van der Waals surface area contributed by atoms with E-state index in [0.29, 0.717) is 0 Å². The first-order valence-corrected chi connectivity index (χ1v) is 9.08. The molecule has 0 fully saturated rings. The Morgan fingerprint density at radius 3 is 2.59 bits per heavy atom. The molecule has 0 saturated heterocycles. The average Bonchev–Trinajstić information content (AvgIpc) is 2.69. The van der Waals surface area contributed by atoms with Crippen molar-refractivity contribution in [2.45, 2.75) is 6.42 Å². The average molecular weight is 361 g/mol. The highest BCUT2D eigenvalue weighted by Gasteiger charge is 2.11. The third kappa shape index (κ3) is 3.36. The maximum Gasteiger partial charge on any atom is 0.154 e. The van der Waals surface area contributed by atoms with Gasteiger partial charge in [0.2, 0.25) is 0 Å². The number of methoxy groups -OCH3 is 1. The van der Waals surface area contributed by atoms with Crippen LogP contribution < -0.4 is 10.1 Å². The lowest BCUT2D eigenvalue weighted by Gasteiger charge is -2.12. The summed E-state index contributed by atoms with van der Waals surface area (Å²) in [6.45, 7) is 1.87. The van der Waals surface area contributed by atoms with Crippen LogP contribution in [0.2, 0.25) is 0 Å². The number of pyridine rings is 1. The van der Waals surface area contributed by atoms with E-state index in [1.165, 1.54) is 0 Å². The molecule has 0 unspecified atom stereocenters. The number of hydrogen-bond acceptors (Lipinski definition) is 6. The fourth-order valence-corrected chi connectivity index (χ4v) is 3.30. The molecule has 0 amide bonds. The second-order valence-corrected chi connectivity index (χ2v) is 6.82. The van der Waals surface area contributed by atoms with Crippen LogP contribution in [0.15, 0.2) is 42.6 Å². The zero-order valence-corrected chi connectivity index (χ0v) is 15.9. The first-order valence-electron chi connectivity index (χ1n) is 9.08. The number of nitrogens with zero attached hydrogens (tertiary/aromatic N) is 4. The molecule has 6 nitrogen and oxygen atoms in total. The zero-order valence-electron chi connectivity index (χ0n) is 15.9. The van der Waals surface area contributed by atoms with Gasteiger partial charge in [-0.15, -0.1) is 0 Å². The molecule has 0 bridgehead atoms. The zero-order chi connectivity index (χ0) is 18.8. The number of anilines is 1. The second kappa shape index (κ2) is 7.32. The second-order valence-electron chi connectivity index (χ2n) is 6.82. The molecule has 0 radical (unpaired) electrons. The fraction of sp³-hybridized carbons (Fsp3) is 0.286. The third-order valence-electron chi connectivity index (χ3n) is 4.63. The van der Waals surface area contributed by atoms with E-state index < -0.39 is 0 Å². The van der Waals surface area contributed by atoms with Gasteiger partial charge in [0.15, 0.2) is 5.82 Å². The predicted octanol–water partition coefficient (Wildman–Crippen LogP) is 3.70. The van der Waals surface area contributed by atoms with Gasteiger partial charge in [0.05, 0.1) is 23.7 Å². The Hall–Kier alpha value is -2.99. The molecule has 2 aromatic heterocycles. The maximum absolute atomic E-state index is 5.48. The molecule has 2 aromatic carbocycles. The largest absolute Gasteiger partial charge is 0.496 e. The van der Waals surface area contributed by atoms with Crippen LogP contribution >= 0.6 is 0 Å². The lowest BCUT2D eigenvalue weighted by Crippen LogP contribution is -2.16. The van der Waals surface area contributed by atoms with E-state index in [9.17, 15) is 0 Å². The van der Waals surface area contributed by atoms with E-state index in [-0.39, 0.29) is 0 Å². The Kier molecular flexibility index (Phi) is 4.73. The topological polar surface area (TPSA) is 63.2 Å². The van der Waals surface area contributed by atoms with Crippen LogP contribution in [-0.4, -0.2) is 54.1 Å². The highest BCUT2D eigenvalue weighted by atomic mass is 16.5. The van der Waals surface area contributed by atoms with Gasteiger partial charge in [0.25, 0.3) is 0 Å². The molecule has 0 atom stereocenters. The fourth-order valence-electron chi connectivity index (χ4n) is 3.30. The summed E-state index contributed by atoms with van der Waals surface area (Å²) in [6, 6.07) is 11.9. The minimum Gasteiger partial charge on any atom is -0.496 e. The van der Waals surface area contributed by atoms with Crippen molar-refractivity contribution >= 4 is 38.7 Å². The van der Waals surface area contributed by atoms with E-state index in [1.54, 1.807) is 13.3 Å². The van der Waals surface area contributed by atoms with E-state index >= 15 is 0 Å². The number of aromatic nitrogens is 3. The standard InChI is InChI=1S/C21H23N5O/c1-26(2)13-5-11-22-21-20-17(10-12-23-21)24-19-15-6-4-7-18(27-3)14(15)8-9-16(19)25-20/h4,6-10,12H,5,11,13H2,1-3H3,(H,22,23). The van der Waals surface area contributed by atoms with Crippen molar-refractivity contribution in [1.29, 1.82) is 0 Å². The van der Waals surface area contributed by atoms with Crippen LogP contribution in [0, 0.1) is 0 Å². The highest BCUT2D eigenvalue weighted by molar-refractivity contribution is 6.08. The molecule has 6 heteroatoms. The Morgan fingerprint density at radius 1 is 0.963 bits per heavy atom. The van der Waals surface area contributed by atoms with Crippen molar-refractivity contribution < 1.29 is 4.74 Å². The molecule has 0 aliphatic carbocycles. The number of fused-ring (bicyclic) bond motifs is 4. The highest BCUT2D eigenvalue weighted by Crippen LogP contribution is 2.31. The molecule has 4 rings (SSSR count). The summed E-state index contributed by atoms with van der Waals surface area (Å²) in [7, 11) is 5.84. The maximum atomic E-state index is 5.48. The summed E-state index contributed by atoms with van der Waals surface area (Å²) in [6.07, 6.45) is 2.82. The Balaban J connectivity index is 1.79. The van der Waals surface area contributed by atoms with Crippen molar-refractivity contribution in [1.82, 2.24) is 19.9 Å². The minimum atomic E-state index is 0.784. The van der Waals surface area contributed by atoms with Gasteiger partial charge >= 0.3 is 0 Å². The molecular weight excluding hydrogens is 338 g/mol. The van der Waals surface area contributed by atoms with Gasteiger partial charge < -0.3 is 15.0 Å². The molecule has 1 N–H and O–H groups in total. The van der Waals surface area contributed by atoms with Gasteiger partial charge in [-0.1, -0.05) is 12.1 Å². The van der Waals surface area contributed by atoms with Gasteiger partial charge in [0.1, 0.15) is 11.3 Å². The van der Waals surface area contributed by atoms with Crippen molar-refractivity contribution in [2.75, 3.05) is 39.6 Å². The third-order valence-corrected chi connectivity index (χ3v) is 4.63. The molecule has 0 spiro atoms. The summed E-state index contributed by atoms with van der Waals surface area (Å²) < 4.78 is 5.48. The molecular formula is C21H23N5O. The lowest BCUT2D eigenvalue weighted by molar-refractivity contribution is 0.405. The quantitative estimate of drug-likeness (QED) is 0.321. The van der Waals surface area contributed by atoms with E-state index in [1.807, 2.05) is 30.3 Å². The molecule has 0 aliphatic heterocycles. The van der Waals surface area contributed by atoms with E-state index in [4.69, 9.17) is 14.7 Å². The van der Waals surface area contributed by atoms with Crippen LogP contribution in [0.25, 0.3) is 32.8 Å². The molecule has 0 aliphatic rings. The predicted molar refractivity (Wildman–Crippen MR) is 111 cm³/mol. The van der Waals surface area contributed by atoms with Crippen molar-refractivity contribution in [3.05, 3.63) is 42.6 Å². The molecule has 2 heterocycles. The Bertz CT molecular complexity index is 1110. The summed E-state index contributed by atoms with van der Waals surface area (Å²) in [5.74, 6) is 1.63. The van der Waals surface area contributed by atoms with Crippen LogP contribution in [0.3, 0.4) is 0 Å². The molecule has 0 saturated carbocycles. The van der Waals surface area contributed by atoms with Gasteiger partial charge in [-0.05, 0) is 51.3 Å². The summed E-state index contributed by atoms with van der Waals surface area (Å²) in [4.78, 5) is 16.4. The lowest BCUT2D eigenvalue weighted by atomic mass is 10.1. The van der Waals surface area contributed by atoms with Gasteiger partial charge in [-0.3, -0.25) is 0 Å². The number of ether oxygens (including phenoxy) is 1. The summed E-state index contributed by atoms with van der Waals surface area (Å²) in [5.41, 5.74) is 3.37. The van der Waals surface area contributed by atoms with Crippen LogP contribution in [-0.2, 0) is 0 Å². The first-order chi connectivity index (χ1) is 13.2. The molecule has 138 valence electrons. The summed E-state index contributed by atoms with van der Waals surface area (Å²) in [5, 5.41) is 5.48. The summed E-state index contributed by atoms with van der Waals surface area (Å²) >= 11 is 0. The van der Waals surface area contributed by atoms with Crippen molar-refractivity contribution in [3.63, 3.8) is 0 Å². The minimum absolute atomic E-state index is 0.784. The van der Waals surface area contributed by atoms with E-state index in [0.717, 1.165) is 63.9 Å². The number of rotatable bonds is 6. The van der Waals surface area contributed by atoms with Crippen LogP contribution in [0.5, 0.6) is 5.75 Å². The Morgan fingerprint density at radius 2 is 1.78 bits per heavy atom. The first kappa shape index (κ1) is 17.4. The number of nitrogens with one attached hydrogen (secondary N) is 1. The Labute approximate surface area is 158 Å². The van der Waals surface area contributed by atoms with Crippen LogP contribution in [0.1, 0.15) is 6.42 Å². The monoisotopic (exact) mass is 361 g/mol. The molecule has 27 heavy (non-hydrogen) atoms.